The Bertz CT molecular complexity index is 423. The zero-order valence-electron chi connectivity index (χ0n) is 10.7. The summed E-state index contributed by atoms with van der Waals surface area (Å²) >= 11 is 0. The molecule has 0 heterocycles. The lowest BCUT2D eigenvalue weighted by Crippen LogP contribution is -2.23. The van der Waals surface area contributed by atoms with E-state index in [1.54, 1.807) is 6.07 Å². The van der Waals surface area contributed by atoms with Crippen molar-refractivity contribution in [2.45, 2.75) is 39.0 Å². The van der Waals surface area contributed by atoms with Crippen molar-refractivity contribution < 1.29 is 13.9 Å². The fraction of sp³-hybridized carbons (Fsp3) is 0.533. The van der Waals surface area contributed by atoms with Gasteiger partial charge in [0.2, 0.25) is 0 Å². The Morgan fingerprint density at radius 1 is 1.33 bits per heavy atom. The molecule has 1 aliphatic carbocycles. The predicted molar refractivity (Wildman–Crippen MR) is 68.2 cm³/mol. The number of carbonyl (C=O) groups is 1. The molecular weight excluding hydrogens is 231 g/mol. The Morgan fingerprint density at radius 3 is 2.78 bits per heavy atom. The maximum Gasteiger partial charge on any atom is 0.173 e. The summed E-state index contributed by atoms with van der Waals surface area (Å²) in [6, 6.07) is 4.39. The number of halogens is 1. The topological polar surface area (TPSA) is 26.3 Å². The van der Waals surface area contributed by atoms with Gasteiger partial charge in [-0.2, -0.15) is 0 Å². The van der Waals surface area contributed by atoms with Gasteiger partial charge in [0.15, 0.2) is 5.78 Å². The number of hydrogen-bond acceptors (Lipinski definition) is 2. The van der Waals surface area contributed by atoms with Gasteiger partial charge in [0, 0.05) is 12.0 Å². The molecule has 0 amide bonds. The molecule has 0 N–H and O–H groups in total. The first-order valence-electron chi connectivity index (χ1n) is 6.58. The molecule has 1 saturated carbocycles. The molecule has 0 aromatic heterocycles. The summed E-state index contributed by atoms with van der Waals surface area (Å²) in [5, 5.41) is 0. The molecule has 1 aliphatic rings. The lowest BCUT2D eigenvalue weighted by atomic mass is 9.86. The van der Waals surface area contributed by atoms with Crippen LogP contribution in [0.5, 0.6) is 5.75 Å². The van der Waals surface area contributed by atoms with Crippen LogP contribution in [0.1, 0.15) is 37.7 Å². The van der Waals surface area contributed by atoms with Gasteiger partial charge in [-0.3, -0.25) is 4.79 Å². The Kier molecular flexibility index (Phi) is 4.34. The van der Waals surface area contributed by atoms with Gasteiger partial charge in [0.05, 0.1) is 0 Å². The normalized spacial score (nSPS) is 16.6. The Labute approximate surface area is 107 Å². The van der Waals surface area contributed by atoms with Gasteiger partial charge in [-0.15, -0.1) is 0 Å². The van der Waals surface area contributed by atoms with Gasteiger partial charge < -0.3 is 4.74 Å². The first kappa shape index (κ1) is 13.1. The Balaban J connectivity index is 1.90. The molecule has 0 radical (unpaired) electrons. The minimum absolute atomic E-state index is 0.0644. The second kappa shape index (κ2) is 5.98. The van der Waals surface area contributed by atoms with Crippen molar-refractivity contribution in [3.05, 3.63) is 29.6 Å². The SMILES string of the molecule is Cc1ccc(F)cc1OCC(=O)C1CCCCC1. The summed E-state index contributed by atoms with van der Waals surface area (Å²) in [5.41, 5.74) is 0.854. The molecule has 98 valence electrons. The van der Waals surface area contributed by atoms with Crippen molar-refractivity contribution >= 4 is 5.78 Å². The first-order chi connectivity index (χ1) is 8.66. The van der Waals surface area contributed by atoms with Crippen LogP contribution in [0, 0.1) is 18.7 Å². The van der Waals surface area contributed by atoms with Gasteiger partial charge in [0.25, 0.3) is 0 Å². The third-order valence-electron chi connectivity index (χ3n) is 3.58. The van der Waals surface area contributed by atoms with Crippen LogP contribution in [-0.2, 0) is 4.79 Å². The largest absolute Gasteiger partial charge is 0.485 e. The first-order valence-corrected chi connectivity index (χ1v) is 6.58. The van der Waals surface area contributed by atoms with Crippen LogP contribution >= 0.6 is 0 Å². The van der Waals surface area contributed by atoms with E-state index in [0.29, 0.717) is 5.75 Å². The molecule has 0 atom stereocenters. The zero-order chi connectivity index (χ0) is 13.0. The molecule has 18 heavy (non-hydrogen) atoms. The summed E-state index contributed by atoms with van der Waals surface area (Å²) in [6.45, 7) is 1.91. The summed E-state index contributed by atoms with van der Waals surface area (Å²) < 4.78 is 18.5. The highest BCUT2D eigenvalue weighted by Gasteiger charge is 2.21. The van der Waals surface area contributed by atoms with E-state index in [1.807, 2.05) is 6.92 Å². The average molecular weight is 250 g/mol. The zero-order valence-corrected chi connectivity index (χ0v) is 10.7. The lowest BCUT2D eigenvalue weighted by Gasteiger charge is -2.20. The summed E-state index contributed by atoms with van der Waals surface area (Å²) in [7, 11) is 0. The maximum atomic E-state index is 13.1. The molecule has 2 rings (SSSR count). The molecular formula is C15H19FO2. The van der Waals surface area contributed by atoms with Crippen LogP contribution in [0.15, 0.2) is 18.2 Å². The monoisotopic (exact) mass is 250 g/mol. The molecule has 0 aliphatic heterocycles. The number of Topliss-reactive ketones (excluding diaryl/α,β-unsaturated/α-hetero) is 1. The second-order valence-corrected chi connectivity index (χ2v) is 5.00. The van der Waals surface area contributed by atoms with Crippen molar-refractivity contribution in [1.82, 2.24) is 0 Å². The molecule has 0 spiro atoms. The number of rotatable bonds is 4. The van der Waals surface area contributed by atoms with Crippen LogP contribution in [0.25, 0.3) is 0 Å². The smallest absolute Gasteiger partial charge is 0.173 e. The van der Waals surface area contributed by atoms with Crippen molar-refractivity contribution in [3.8, 4) is 5.75 Å². The summed E-state index contributed by atoms with van der Waals surface area (Å²) in [5.74, 6) is 0.436. The summed E-state index contributed by atoms with van der Waals surface area (Å²) in [6.07, 6.45) is 5.45. The molecule has 2 nitrogen and oxygen atoms in total. The van der Waals surface area contributed by atoms with Crippen LogP contribution in [-0.4, -0.2) is 12.4 Å². The average Bonchev–Trinajstić information content (AvgIpc) is 2.40. The minimum atomic E-state index is -0.333. The van der Waals surface area contributed by atoms with E-state index in [0.717, 1.165) is 31.2 Å². The van der Waals surface area contributed by atoms with Crippen LogP contribution in [0.2, 0.25) is 0 Å². The second-order valence-electron chi connectivity index (χ2n) is 5.00. The molecule has 3 heteroatoms. The predicted octanol–water partition coefficient (Wildman–Crippen LogP) is 3.66. The Morgan fingerprint density at radius 2 is 2.06 bits per heavy atom. The standard InChI is InChI=1S/C15H19FO2/c1-11-7-8-13(16)9-15(11)18-10-14(17)12-5-3-2-4-6-12/h7-9,12H,2-6,10H2,1H3. The van der Waals surface area contributed by atoms with Crippen molar-refractivity contribution in [2.24, 2.45) is 5.92 Å². The maximum absolute atomic E-state index is 13.1. The van der Waals surface area contributed by atoms with Crippen LogP contribution in [0.4, 0.5) is 4.39 Å². The van der Waals surface area contributed by atoms with E-state index in [1.165, 1.54) is 18.6 Å². The lowest BCUT2D eigenvalue weighted by molar-refractivity contribution is -0.125. The number of ketones is 1. The molecule has 0 saturated heterocycles. The fourth-order valence-electron chi connectivity index (χ4n) is 2.42. The number of benzene rings is 1. The molecule has 1 fully saturated rings. The van der Waals surface area contributed by atoms with E-state index >= 15 is 0 Å². The van der Waals surface area contributed by atoms with Gasteiger partial charge in [-0.05, 0) is 31.4 Å². The van der Waals surface area contributed by atoms with E-state index in [-0.39, 0.29) is 24.1 Å². The number of aryl methyl sites for hydroxylation is 1. The highest BCUT2D eigenvalue weighted by atomic mass is 19.1. The third kappa shape index (κ3) is 3.31. The number of carbonyl (C=O) groups excluding carboxylic acids is 1. The van der Waals surface area contributed by atoms with Crippen molar-refractivity contribution in [1.29, 1.82) is 0 Å². The molecule has 1 aromatic carbocycles. The quantitative estimate of drug-likeness (QED) is 0.815. The number of ether oxygens (including phenoxy) is 1. The third-order valence-corrected chi connectivity index (χ3v) is 3.58. The van der Waals surface area contributed by atoms with E-state index in [4.69, 9.17) is 4.74 Å². The fourth-order valence-corrected chi connectivity index (χ4v) is 2.42. The van der Waals surface area contributed by atoms with Crippen LogP contribution < -0.4 is 4.74 Å². The van der Waals surface area contributed by atoms with Gasteiger partial charge in [-0.25, -0.2) is 4.39 Å². The molecule has 1 aromatic rings. The Hall–Kier alpha value is -1.38. The van der Waals surface area contributed by atoms with Gasteiger partial charge in [0.1, 0.15) is 18.2 Å². The minimum Gasteiger partial charge on any atom is -0.485 e. The highest BCUT2D eigenvalue weighted by molar-refractivity contribution is 5.82. The molecule has 0 bridgehead atoms. The highest BCUT2D eigenvalue weighted by Crippen LogP contribution is 2.25. The van der Waals surface area contributed by atoms with E-state index in [2.05, 4.69) is 0 Å². The van der Waals surface area contributed by atoms with Gasteiger partial charge in [-0.1, -0.05) is 25.3 Å². The summed E-state index contributed by atoms with van der Waals surface area (Å²) in [4.78, 5) is 11.9. The van der Waals surface area contributed by atoms with Gasteiger partial charge >= 0.3 is 0 Å². The van der Waals surface area contributed by atoms with Crippen molar-refractivity contribution in [2.75, 3.05) is 6.61 Å². The van der Waals surface area contributed by atoms with E-state index < -0.39 is 0 Å². The van der Waals surface area contributed by atoms with E-state index in [9.17, 15) is 9.18 Å². The molecule has 0 unspecified atom stereocenters. The van der Waals surface area contributed by atoms with Crippen LogP contribution in [0.3, 0.4) is 0 Å². The van der Waals surface area contributed by atoms with Crippen molar-refractivity contribution in [3.63, 3.8) is 0 Å². The number of hydrogen-bond donors (Lipinski definition) is 0.